The lowest BCUT2D eigenvalue weighted by molar-refractivity contribution is 0.414. The highest BCUT2D eigenvalue weighted by molar-refractivity contribution is 5.27. The third-order valence-corrected chi connectivity index (χ3v) is 2.57. The predicted molar refractivity (Wildman–Crippen MR) is 63.8 cm³/mol. The summed E-state index contributed by atoms with van der Waals surface area (Å²) < 4.78 is 0. The molecule has 15 heavy (non-hydrogen) atoms. The van der Waals surface area contributed by atoms with E-state index < -0.39 is 0 Å². The largest absolute Gasteiger partial charge is 0.508 e. The van der Waals surface area contributed by atoms with E-state index in [-0.39, 0.29) is 0 Å². The van der Waals surface area contributed by atoms with Crippen molar-refractivity contribution in [1.29, 1.82) is 0 Å². The molecule has 0 aromatic heterocycles. The lowest BCUT2D eigenvalue weighted by atomic mass is 9.91. The maximum absolute atomic E-state index is 9.35. The van der Waals surface area contributed by atoms with Crippen molar-refractivity contribution < 1.29 is 5.11 Å². The van der Waals surface area contributed by atoms with Gasteiger partial charge in [0.2, 0.25) is 0 Å². The fourth-order valence-corrected chi connectivity index (χ4v) is 1.95. The molecule has 0 radical (unpaired) electrons. The van der Waals surface area contributed by atoms with Crippen molar-refractivity contribution in [2.75, 3.05) is 6.54 Å². The van der Waals surface area contributed by atoms with Crippen LogP contribution in [0.2, 0.25) is 0 Å². The number of phenolic OH excluding ortho intramolecular Hbond substituents is 1. The second-order valence-corrected chi connectivity index (χ2v) is 4.61. The Hall–Kier alpha value is -1.02. The zero-order chi connectivity index (χ0) is 11.3. The molecule has 1 rings (SSSR count). The molecule has 84 valence electrons. The van der Waals surface area contributed by atoms with Gasteiger partial charge in [-0.1, -0.05) is 26.0 Å². The van der Waals surface area contributed by atoms with E-state index in [0.717, 1.165) is 12.8 Å². The Balaban J connectivity index is 2.58. The summed E-state index contributed by atoms with van der Waals surface area (Å²) in [6, 6.07) is 7.45. The number of hydrogen-bond acceptors (Lipinski definition) is 2. The second kappa shape index (κ2) is 5.76. The molecular weight excluding hydrogens is 186 g/mol. The van der Waals surface area contributed by atoms with E-state index in [4.69, 9.17) is 5.73 Å². The summed E-state index contributed by atoms with van der Waals surface area (Å²) in [5.41, 5.74) is 6.92. The van der Waals surface area contributed by atoms with E-state index in [1.54, 1.807) is 6.07 Å². The Bertz CT molecular complexity index is 296. The number of nitrogens with two attached hydrogens (primary N) is 1. The zero-order valence-corrected chi connectivity index (χ0v) is 9.61. The molecule has 3 N–H and O–H groups in total. The number of hydrogen-bond donors (Lipinski definition) is 2. The summed E-state index contributed by atoms with van der Waals surface area (Å²) in [6.45, 7) is 5.14. The fraction of sp³-hybridized carbons (Fsp3) is 0.538. The Morgan fingerprint density at radius 3 is 2.60 bits per heavy atom. The van der Waals surface area contributed by atoms with E-state index in [1.165, 1.54) is 5.56 Å². The molecule has 0 heterocycles. The average molecular weight is 207 g/mol. The third kappa shape index (κ3) is 4.34. The predicted octanol–water partition coefficient (Wildman–Crippen LogP) is 2.56. The van der Waals surface area contributed by atoms with E-state index in [9.17, 15) is 5.11 Å². The molecule has 0 bridgehead atoms. The molecule has 2 nitrogen and oxygen atoms in total. The summed E-state index contributed by atoms with van der Waals surface area (Å²) in [7, 11) is 0. The number of aromatic hydroxyl groups is 1. The summed E-state index contributed by atoms with van der Waals surface area (Å²) in [5, 5.41) is 9.35. The van der Waals surface area contributed by atoms with Gasteiger partial charge < -0.3 is 10.8 Å². The van der Waals surface area contributed by atoms with Gasteiger partial charge in [-0.25, -0.2) is 0 Å². The molecule has 1 aromatic rings. The van der Waals surface area contributed by atoms with E-state index >= 15 is 0 Å². The van der Waals surface area contributed by atoms with Gasteiger partial charge in [0.25, 0.3) is 0 Å². The van der Waals surface area contributed by atoms with Crippen LogP contribution in [0.3, 0.4) is 0 Å². The molecular formula is C13H21NO. The van der Waals surface area contributed by atoms with Crippen LogP contribution < -0.4 is 5.73 Å². The van der Waals surface area contributed by atoms with Gasteiger partial charge in [-0.05, 0) is 48.9 Å². The highest BCUT2D eigenvalue weighted by Crippen LogP contribution is 2.18. The molecule has 0 aliphatic carbocycles. The van der Waals surface area contributed by atoms with Crippen molar-refractivity contribution in [3.63, 3.8) is 0 Å². The minimum atomic E-state index is 0.341. The average Bonchev–Trinajstić information content (AvgIpc) is 2.16. The zero-order valence-electron chi connectivity index (χ0n) is 9.61. The Labute approximate surface area is 92.1 Å². The molecule has 0 amide bonds. The molecule has 1 aromatic carbocycles. The van der Waals surface area contributed by atoms with Crippen LogP contribution in [0.25, 0.3) is 0 Å². The molecule has 1 unspecified atom stereocenters. The van der Waals surface area contributed by atoms with E-state index in [0.29, 0.717) is 24.1 Å². The van der Waals surface area contributed by atoms with Crippen LogP contribution in [0.1, 0.15) is 25.8 Å². The Kier molecular flexibility index (Phi) is 4.63. The van der Waals surface area contributed by atoms with Crippen LogP contribution in [-0.2, 0) is 6.42 Å². The SMILES string of the molecule is CC(C)CC(CN)Cc1cccc(O)c1. The van der Waals surface area contributed by atoms with Gasteiger partial charge in [-0.2, -0.15) is 0 Å². The van der Waals surface area contributed by atoms with E-state index in [2.05, 4.69) is 13.8 Å². The first-order chi connectivity index (χ1) is 7.11. The van der Waals surface area contributed by atoms with Gasteiger partial charge in [0.05, 0.1) is 0 Å². The number of rotatable bonds is 5. The quantitative estimate of drug-likeness (QED) is 0.779. The Morgan fingerprint density at radius 1 is 1.33 bits per heavy atom. The van der Waals surface area contributed by atoms with Crippen LogP contribution in [0, 0.1) is 11.8 Å². The van der Waals surface area contributed by atoms with Crippen molar-refractivity contribution >= 4 is 0 Å². The molecule has 1 atom stereocenters. The molecule has 0 spiro atoms. The van der Waals surface area contributed by atoms with Crippen LogP contribution in [0.15, 0.2) is 24.3 Å². The van der Waals surface area contributed by atoms with Gasteiger partial charge in [-0.3, -0.25) is 0 Å². The summed E-state index contributed by atoms with van der Waals surface area (Å²) in [4.78, 5) is 0. The maximum atomic E-state index is 9.35. The standard InChI is InChI=1S/C13H21NO/c1-10(2)6-12(9-14)7-11-4-3-5-13(15)8-11/h3-5,8,10,12,15H,6-7,9,14H2,1-2H3. The lowest BCUT2D eigenvalue weighted by Crippen LogP contribution is -2.18. The van der Waals surface area contributed by atoms with Crippen LogP contribution in [-0.4, -0.2) is 11.7 Å². The third-order valence-electron chi connectivity index (χ3n) is 2.57. The first kappa shape index (κ1) is 12.1. The van der Waals surface area contributed by atoms with Gasteiger partial charge in [0, 0.05) is 0 Å². The van der Waals surface area contributed by atoms with Gasteiger partial charge in [-0.15, -0.1) is 0 Å². The summed E-state index contributed by atoms with van der Waals surface area (Å²) >= 11 is 0. The van der Waals surface area contributed by atoms with Crippen LogP contribution >= 0.6 is 0 Å². The Morgan fingerprint density at radius 2 is 2.07 bits per heavy atom. The molecule has 0 aliphatic heterocycles. The van der Waals surface area contributed by atoms with Crippen molar-refractivity contribution in [3.8, 4) is 5.75 Å². The maximum Gasteiger partial charge on any atom is 0.115 e. The molecule has 0 saturated carbocycles. The molecule has 2 heteroatoms. The van der Waals surface area contributed by atoms with Gasteiger partial charge in [0.15, 0.2) is 0 Å². The van der Waals surface area contributed by atoms with Crippen molar-refractivity contribution in [1.82, 2.24) is 0 Å². The van der Waals surface area contributed by atoms with Crippen molar-refractivity contribution in [2.45, 2.75) is 26.7 Å². The van der Waals surface area contributed by atoms with Crippen molar-refractivity contribution in [2.24, 2.45) is 17.6 Å². The first-order valence-corrected chi connectivity index (χ1v) is 5.59. The fourth-order valence-electron chi connectivity index (χ4n) is 1.95. The normalized spacial score (nSPS) is 13.1. The highest BCUT2D eigenvalue weighted by Gasteiger charge is 2.10. The van der Waals surface area contributed by atoms with Crippen LogP contribution in [0.4, 0.5) is 0 Å². The van der Waals surface area contributed by atoms with Gasteiger partial charge >= 0.3 is 0 Å². The number of benzene rings is 1. The molecule has 0 saturated heterocycles. The molecule has 0 aliphatic rings. The van der Waals surface area contributed by atoms with Gasteiger partial charge in [0.1, 0.15) is 5.75 Å². The van der Waals surface area contributed by atoms with Crippen molar-refractivity contribution in [3.05, 3.63) is 29.8 Å². The molecule has 0 fully saturated rings. The number of phenols is 1. The monoisotopic (exact) mass is 207 g/mol. The minimum Gasteiger partial charge on any atom is -0.508 e. The smallest absolute Gasteiger partial charge is 0.115 e. The summed E-state index contributed by atoms with van der Waals surface area (Å²) in [5.74, 6) is 1.54. The minimum absolute atomic E-state index is 0.341. The van der Waals surface area contributed by atoms with E-state index in [1.807, 2.05) is 18.2 Å². The topological polar surface area (TPSA) is 46.2 Å². The van der Waals surface area contributed by atoms with Crippen LogP contribution in [0.5, 0.6) is 5.75 Å². The first-order valence-electron chi connectivity index (χ1n) is 5.59. The lowest BCUT2D eigenvalue weighted by Gasteiger charge is -2.17. The summed E-state index contributed by atoms with van der Waals surface area (Å²) in [6.07, 6.45) is 2.11. The second-order valence-electron chi connectivity index (χ2n) is 4.61. The highest BCUT2D eigenvalue weighted by atomic mass is 16.3.